The molecule has 3 heteroatoms. The molecule has 3 nitrogen and oxygen atoms in total. The van der Waals surface area contributed by atoms with Crippen LogP contribution in [0.5, 0.6) is 5.75 Å². The van der Waals surface area contributed by atoms with Crippen molar-refractivity contribution in [3.63, 3.8) is 0 Å². The Bertz CT molecular complexity index is 393. The molecule has 1 aromatic rings. The lowest BCUT2D eigenvalue weighted by Crippen LogP contribution is -2.36. The van der Waals surface area contributed by atoms with Crippen LogP contribution in [0.2, 0.25) is 0 Å². The Hall–Kier alpha value is -1.51. The van der Waals surface area contributed by atoms with Crippen molar-refractivity contribution in [3.8, 4) is 5.75 Å². The zero-order valence-electron chi connectivity index (χ0n) is 11.2. The molecule has 1 aliphatic rings. The molecule has 0 N–H and O–H groups in total. The summed E-state index contributed by atoms with van der Waals surface area (Å²) in [7, 11) is 3.58. The second-order valence-corrected chi connectivity index (χ2v) is 4.97. The normalized spacial score (nSPS) is 15.7. The van der Waals surface area contributed by atoms with Crippen LogP contribution in [-0.2, 0) is 11.2 Å². The third-order valence-electron chi connectivity index (χ3n) is 3.78. The highest BCUT2D eigenvalue weighted by molar-refractivity contribution is 5.78. The molecule has 1 amide bonds. The highest BCUT2D eigenvalue weighted by Gasteiger charge is 2.23. The first-order valence-electron chi connectivity index (χ1n) is 6.59. The van der Waals surface area contributed by atoms with Crippen LogP contribution in [0, 0.1) is 0 Å². The highest BCUT2D eigenvalue weighted by Crippen LogP contribution is 2.23. The first kappa shape index (κ1) is 12.9. The predicted molar refractivity (Wildman–Crippen MR) is 71.7 cm³/mol. The Morgan fingerprint density at radius 3 is 2.44 bits per heavy atom. The molecular weight excluding hydrogens is 226 g/mol. The van der Waals surface area contributed by atoms with Crippen molar-refractivity contribution in [1.29, 1.82) is 0 Å². The molecule has 0 saturated heterocycles. The summed E-state index contributed by atoms with van der Waals surface area (Å²) in [6.07, 6.45) is 5.31. The van der Waals surface area contributed by atoms with E-state index in [2.05, 4.69) is 0 Å². The molecule has 98 valence electrons. The number of carbonyl (C=O) groups excluding carboxylic acids is 1. The zero-order valence-corrected chi connectivity index (χ0v) is 11.2. The van der Waals surface area contributed by atoms with E-state index >= 15 is 0 Å². The fourth-order valence-corrected chi connectivity index (χ4v) is 2.54. The standard InChI is InChI=1S/C15H21NO2/c1-16(13-5-3-4-6-13)15(17)11-12-7-9-14(18-2)10-8-12/h7-10,13H,3-6,11H2,1-2H3. The molecule has 1 aromatic carbocycles. The third kappa shape index (κ3) is 3.03. The molecule has 0 radical (unpaired) electrons. The monoisotopic (exact) mass is 247 g/mol. The smallest absolute Gasteiger partial charge is 0.226 e. The van der Waals surface area contributed by atoms with Crippen molar-refractivity contribution < 1.29 is 9.53 Å². The first-order chi connectivity index (χ1) is 8.70. The van der Waals surface area contributed by atoms with Crippen molar-refractivity contribution in [2.75, 3.05) is 14.2 Å². The van der Waals surface area contributed by atoms with Crippen molar-refractivity contribution in [2.24, 2.45) is 0 Å². The summed E-state index contributed by atoms with van der Waals surface area (Å²) in [6, 6.07) is 8.17. The van der Waals surface area contributed by atoms with Gasteiger partial charge in [-0.15, -0.1) is 0 Å². The van der Waals surface area contributed by atoms with E-state index < -0.39 is 0 Å². The maximum absolute atomic E-state index is 12.1. The molecule has 0 aliphatic heterocycles. The molecule has 1 saturated carbocycles. The Kier molecular flexibility index (Phi) is 4.24. The summed E-state index contributed by atoms with van der Waals surface area (Å²) in [5.74, 6) is 1.04. The van der Waals surface area contributed by atoms with Gasteiger partial charge in [0.25, 0.3) is 0 Å². The van der Waals surface area contributed by atoms with Gasteiger partial charge in [0.2, 0.25) is 5.91 Å². The van der Waals surface area contributed by atoms with Gasteiger partial charge < -0.3 is 9.64 Å². The van der Waals surface area contributed by atoms with Gasteiger partial charge in [0.05, 0.1) is 13.5 Å². The minimum Gasteiger partial charge on any atom is -0.497 e. The lowest BCUT2D eigenvalue weighted by molar-refractivity contribution is -0.131. The van der Waals surface area contributed by atoms with Gasteiger partial charge in [0, 0.05) is 13.1 Å². The lowest BCUT2D eigenvalue weighted by Gasteiger charge is -2.24. The van der Waals surface area contributed by atoms with Gasteiger partial charge >= 0.3 is 0 Å². The first-order valence-corrected chi connectivity index (χ1v) is 6.59. The Labute approximate surface area is 109 Å². The molecule has 1 fully saturated rings. The van der Waals surface area contributed by atoms with E-state index in [4.69, 9.17) is 4.74 Å². The molecule has 0 atom stereocenters. The van der Waals surface area contributed by atoms with E-state index in [-0.39, 0.29) is 5.91 Å². The molecule has 2 rings (SSSR count). The van der Waals surface area contributed by atoms with Gasteiger partial charge in [-0.1, -0.05) is 25.0 Å². The molecule has 18 heavy (non-hydrogen) atoms. The van der Waals surface area contributed by atoms with Crippen molar-refractivity contribution in [3.05, 3.63) is 29.8 Å². The Balaban J connectivity index is 1.93. The van der Waals surface area contributed by atoms with Crippen molar-refractivity contribution in [2.45, 2.75) is 38.1 Å². The second-order valence-electron chi connectivity index (χ2n) is 4.97. The van der Waals surface area contributed by atoms with Crippen molar-refractivity contribution >= 4 is 5.91 Å². The summed E-state index contributed by atoms with van der Waals surface area (Å²) < 4.78 is 5.11. The number of hydrogen-bond donors (Lipinski definition) is 0. The number of nitrogens with zero attached hydrogens (tertiary/aromatic N) is 1. The van der Waals surface area contributed by atoms with Gasteiger partial charge in [-0.3, -0.25) is 4.79 Å². The molecule has 0 heterocycles. The quantitative estimate of drug-likeness (QED) is 0.818. The summed E-state index contributed by atoms with van der Waals surface area (Å²) >= 11 is 0. The number of benzene rings is 1. The number of carbonyl (C=O) groups is 1. The van der Waals surface area contributed by atoms with Gasteiger partial charge in [-0.2, -0.15) is 0 Å². The maximum atomic E-state index is 12.1. The minimum absolute atomic E-state index is 0.215. The van der Waals surface area contributed by atoms with Gasteiger partial charge in [-0.25, -0.2) is 0 Å². The fourth-order valence-electron chi connectivity index (χ4n) is 2.54. The van der Waals surface area contributed by atoms with E-state index in [0.29, 0.717) is 12.5 Å². The number of ether oxygens (including phenoxy) is 1. The number of hydrogen-bond acceptors (Lipinski definition) is 2. The molecule has 0 unspecified atom stereocenters. The highest BCUT2D eigenvalue weighted by atomic mass is 16.5. The SMILES string of the molecule is COc1ccc(CC(=O)N(C)C2CCCC2)cc1. The van der Waals surface area contributed by atoms with Crippen LogP contribution in [0.1, 0.15) is 31.2 Å². The van der Waals surface area contributed by atoms with E-state index in [9.17, 15) is 4.79 Å². The van der Waals surface area contributed by atoms with Crippen LogP contribution in [0.4, 0.5) is 0 Å². The molecule has 0 bridgehead atoms. The molecular formula is C15H21NO2. The predicted octanol–water partition coefficient (Wildman–Crippen LogP) is 2.64. The summed E-state index contributed by atoms with van der Waals surface area (Å²) in [5, 5.41) is 0. The lowest BCUT2D eigenvalue weighted by atomic mass is 10.1. The zero-order chi connectivity index (χ0) is 13.0. The Morgan fingerprint density at radius 2 is 1.89 bits per heavy atom. The summed E-state index contributed by atoms with van der Waals surface area (Å²) in [5.41, 5.74) is 1.05. The Morgan fingerprint density at radius 1 is 1.28 bits per heavy atom. The maximum Gasteiger partial charge on any atom is 0.226 e. The average Bonchev–Trinajstić information content (AvgIpc) is 2.92. The molecule has 0 spiro atoms. The third-order valence-corrected chi connectivity index (χ3v) is 3.78. The van der Waals surface area contributed by atoms with Gasteiger partial charge in [0.1, 0.15) is 5.75 Å². The summed E-state index contributed by atoms with van der Waals surface area (Å²) in [6.45, 7) is 0. The minimum atomic E-state index is 0.215. The van der Waals surface area contributed by atoms with E-state index in [1.807, 2.05) is 36.2 Å². The summed E-state index contributed by atoms with van der Waals surface area (Å²) in [4.78, 5) is 14.1. The number of amides is 1. The van der Waals surface area contributed by atoms with E-state index in [1.54, 1.807) is 7.11 Å². The average molecular weight is 247 g/mol. The van der Waals surface area contributed by atoms with E-state index in [0.717, 1.165) is 24.2 Å². The fraction of sp³-hybridized carbons (Fsp3) is 0.533. The van der Waals surface area contributed by atoms with Crippen LogP contribution >= 0.6 is 0 Å². The van der Waals surface area contributed by atoms with Gasteiger partial charge in [0.15, 0.2) is 0 Å². The number of likely N-dealkylation sites (N-methyl/N-ethyl adjacent to an activating group) is 1. The largest absolute Gasteiger partial charge is 0.497 e. The topological polar surface area (TPSA) is 29.5 Å². The van der Waals surface area contributed by atoms with Crippen molar-refractivity contribution in [1.82, 2.24) is 4.90 Å². The molecule has 1 aliphatic carbocycles. The van der Waals surface area contributed by atoms with Crippen LogP contribution in [0.15, 0.2) is 24.3 Å². The second kappa shape index (κ2) is 5.89. The molecule has 0 aromatic heterocycles. The van der Waals surface area contributed by atoms with E-state index in [1.165, 1.54) is 12.8 Å². The van der Waals surface area contributed by atoms with Crippen LogP contribution in [0.25, 0.3) is 0 Å². The van der Waals surface area contributed by atoms with Crippen LogP contribution in [0.3, 0.4) is 0 Å². The van der Waals surface area contributed by atoms with Crippen LogP contribution < -0.4 is 4.74 Å². The van der Waals surface area contributed by atoms with Gasteiger partial charge in [-0.05, 0) is 30.5 Å². The van der Waals surface area contributed by atoms with Crippen LogP contribution in [-0.4, -0.2) is 31.0 Å². The number of methoxy groups -OCH3 is 1. The number of rotatable bonds is 4.